The summed E-state index contributed by atoms with van der Waals surface area (Å²) >= 11 is 0. The van der Waals surface area contributed by atoms with Gasteiger partial charge in [-0.15, -0.1) is 0 Å². The van der Waals surface area contributed by atoms with Crippen LogP contribution >= 0.6 is 0 Å². The summed E-state index contributed by atoms with van der Waals surface area (Å²) in [6.07, 6.45) is 2.55. The van der Waals surface area contributed by atoms with Gasteiger partial charge in [0.2, 0.25) is 5.76 Å². The monoisotopic (exact) mass is 315 g/mol. The minimum absolute atomic E-state index is 0.0846. The first-order chi connectivity index (χ1) is 11.2. The number of anilines is 1. The number of hydrogen-bond acceptors (Lipinski definition) is 6. The van der Waals surface area contributed by atoms with E-state index in [0.717, 1.165) is 11.4 Å². The van der Waals surface area contributed by atoms with Crippen LogP contribution in [-0.2, 0) is 0 Å². The number of aliphatic hydroxyl groups is 1. The summed E-state index contributed by atoms with van der Waals surface area (Å²) < 4.78 is 10.9. The molecule has 0 spiro atoms. The molecule has 1 fully saturated rings. The quantitative estimate of drug-likeness (QED) is 0.783. The van der Waals surface area contributed by atoms with Gasteiger partial charge < -0.3 is 24.9 Å². The Labute approximate surface area is 132 Å². The third kappa shape index (κ3) is 2.53. The van der Waals surface area contributed by atoms with Crippen LogP contribution in [0.2, 0.25) is 0 Å². The van der Waals surface area contributed by atoms with Crippen molar-refractivity contribution in [3.05, 3.63) is 42.6 Å². The highest BCUT2D eigenvalue weighted by Gasteiger charge is 2.46. The highest BCUT2D eigenvalue weighted by Crippen LogP contribution is 2.39. The van der Waals surface area contributed by atoms with E-state index < -0.39 is 6.10 Å². The van der Waals surface area contributed by atoms with Gasteiger partial charge in [0.25, 0.3) is 5.91 Å². The molecule has 0 unspecified atom stereocenters. The standard InChI is InChI=1S/C16H17N3O4/c20-15-9(6-18-16(21)13-7-17-8-22-13)5-12-14(15)19-10-3-1-2-4-11(10)23-12/h1-4,7-9,12,14-15,19-20H,5-6H2,(H,18,21)/t9-,12+,14+,15+/m0/s1. The molecule has 1 aliphatic heterocycles. The molecule has 3 N–H and O–H groups in total. The fourth-order valence-electron chi connectivity index (χ4n) is 3.27. The second kappa shape index (κ2) is 5.58. The van der Waals surface area contributed by atoms with Crippen LogP contribution in [0.1, 0.15) is 17.0 Å². The summed E-state index contributed by atoms with van der Waals surface area (Å²) in [5, 5.41) is 16.6. The van der Waals surface area contributed by atoms with Crippen LogP contribution < -0.4 is 15.4 Å². The highest BCUT2D eigenvalue weighted by molar-refractivity contribution is 5.90. The topological polar surface area (TPSA) is 96.6 Å². The molecule has 1 aromatic heterocycles. The van der Waals surface area contributed by atoms with Crippen LogP contribution in [0.5, 0.6) is 5.75 Å². The first-order valence-electron chi connectivity index (χ1n) is 7.59. The Hall–Kier alpha value is -2.54. The van der Waals surface area contributed by atoms with E-state index in [1.54, 1.807) is 0 Å². The number of amides is 1. The molecule has 2 aliphatic rings. The minimum Gasteiger partial charge on any atom is -0.486 e. The summed E-state index contributed by atoms with van der Waals surface area (Å²) in [5.41, 5.74) is 0.888. The maximum Gasteiger partial charge on any atom is 0.288 e. The van der Waals surface area contributed by atoms with Crippen molar-refractivity contribution in [3.63, 3.8) is 0 Å². The molecule has 7 heteroatoms. The molecular weight excluding hydrogens is 298 g/mol. The molecule has 4 atom stereocenters. The third-order valence-electron chi connectivity index (χ3n) is 4.46. The van der Waals surface area contributed by atoms with Crippen molar-refractivity contribution in [3.8, 4) is 5.75 Å². The fraction of sp³-hybridized carbons (Fsp3) is 0.375. The molecule has 1 aliphatic carbocycles. The van der Waals surface area contributed by atoms with Crippen LogP contribution in [0.4, 0.5) is 5.69 Å². The molecule has 23 heavy (non-hydrogen) atoms. The molecule has 2 aromatic rings. The van der Waals surface area contributed by atoms with Crippen molar-refractivity contribution in [2.75, 3.05) is 11.9 Å². The van der Waals surface area contributed by atoms with Crippen molar-refractivity contribution in [1.29, 1.82) is 0 Å². The molecule has 7 nitrogen and oxygen atoms in total. The van der Waals surface area contributed by atoms with Crippen molar-refractivity contribution in [2.24, 2.45) is 5.92 Å². The van der Waals surface area contributed by atoms with Gasteiger partial charge in [-0.2, -0.15) is 0 Å². The molecule has 1 aromatic carbocycles. The lowest BCUT2D eigenvalue weighted by Gasteiger charge is -2.31. The number of benzene rings is 1. The first-order valence-corrected chi connectivity index (χ1v) is 7.59. The van der Waals surface area contributed by atoms with E-state index in [4.69, 9.17) is 9.15 Å². The number of nitrogens with one attached hydrogen (secondary N) is 2. The van der Waals surface area contributed by atoms with Crippen molar-refractivity contribution in [1.82, 2.24) is 10.3 Å². The molecule has 2 heterocycles. The summed E-state index contributed by atoms with van der Waals surface area (Å²) in [6, 6.07) is 7.51. The Balaban J connectivity index is 1.41. The average molecular weight is 315 g/mol. The zero-order valence-electron chi connectivity index (χ0n) is 12.3. The molecular formula is C16H17N3O4. The number of para-hydroxylation sites is 2. The van der Waals surface area contributed by atoms with Gasteiger partial charge in [-0.3, -0.25) is 4.79 Å². The summed E-state index contributed by atoms with van der Waals surface area (Å²) in [5.74, 6) is 0.546. The number of fused-ring (bicyclic) bond motifs is 2. The van der Waals surface area contributed by atoms with E-state index in [2.05, 4.69) is 15.6 Å². The van der Waals surface area contributed by atoms with Crippen LogP contribution in [0.3, 0.4) is 0 Å². The molecule has 0 saturated heterocycles. The number of aliphatic hydroxyl groups excluding tert-OH is 1. The van der Waals surface area contributed by atoms with E-state index >= 15 is 0 Å². The second-order valence-corrected chi connectivity index (χ2v) is 5.88. The SMILES string of the molecule is O=C(NC[C@@H]1C[C@H]2Oc3ccccc3N[C@H]2[C@@H]1O)c1cnco1. The lowest BCUT2D eigenvalue weighted by atomic mass is 10.0. The number of oxazole rings is 1. The van der Waals surface area contributed by atoms with Crippen molar-refractivity contribution in [2.45, 2.75) is 24.7 Å². The number of ether oxygens (including phenoxy) is 1. The van der Waals surface area contributed by atoms with Crippen LogP contribution in [0, 0.1) is 5.92 Å². The molecule has 0 bridgehead atoms. The third-order valence-corrected chi connectivity index (χ3v) is 4.46. The van der Waals surface area contributed by atoms with Crippen molar-refractivity contribution >= 4 is 11.6 Å². The maximum absolute atomic E-state index is 11.9. The Morgan fingerprint density at radius 1 is 1.43 bits per heavy atom. The maximum atomic E-state index is 11.9. The predicted octanol–water partition coefficient (Wildman–Crippen LogP) is 1.03. The fourth-order valence-corrected chi connectivity index (χ4v) is 3.27. The van der Waals surface area contributed by atoms with Gasteiger partial charge in [0.1, 0.15) is 11.9 Å². The van der Waals surface area contributed by atoms with Crippen LogP contribution in [-0.4, -0.2) is 40.8 Å². The average Bonchev–Trinajstić information content (AvgIpc) is 3.20. The number of carbonyl (C=O) groups is 1. The molecule has 1 amide bonds. The number of rotatable bonds is 3. The van der Waals surface area contributed by atoms with Gasteiger partial charge in [0.15, 0.2) is 6.39 Å². The molecule has 0 radical (unpaired) electrons. The summed E-state index contributed by atoms with van der Waals surface area (Å²) in [4.78, 5) is 15.6. The second-order valence-electron chi connectivity index (χ2n) is 5.88. The van der Waals surface area contributed by atoms with Crippen molar-refractivity contribution < 1.29 is 19.1 Å². The number of aromatic nitrogens is 1. The van der Waals surface area contributed by atoms with Gasteiger partial charge in [0, 0.05) is 12.5 Å². The van der Waals surface area contributed by atoms with E-state index in [-0.39, 0.29) is 29.7 Å². The number of hydrogen-bond donors (Lipinski definition) is 3. The normalized spacial score (nSPS) is 28.2. The Morgan fingerprint density at radius 2 is 2.30 bits per heavy atom. The minimum atomic E-state index is -0.594. The Kier molecular flexibility index (Phi) is 3.42. The Bertz CT molecular complexity index is 703. The lowest BCUT2D eigenvalue weighted by Crippen LogP contribution is -2.44. The van der Waals surface area contributed by atoms with E-state index in [1.165, 1.54) is 12.6 Å². The number of nitrogens with zero attached hydrogens (tertiary/aromatic N) is 1. The van der Waals surface area contributed by atoms with Gasteiger partial charge in [-0.1, -0.05) is 12.1 Å². The smallest absolute Gasteiger partial charge is 0.288 e. The summed E-state index contributed by atoms with van der Waals surface area (Å²) in [7, 11) is 0. The summed E-state index contributed by atoms with van der Waals surface area (Å²) in [6.45, 7) is 0.356. The molecule has 4 rings (SSSR count). The van der Waals surface area contributed by atoms with E-state index in [9.17, 15) is 9.90 Å². The van der Waals surface area contributed by atoms with Gasteiger partial charge in [0.05, 0.1) is 24.0 Å². The molecule has 1 saturated carbocycles. The Morgan fingerprint density at radius 3 is 3.13 bits per heavy atom. The zero-order valence-corrected chi connectivity index (χ0v) is 12.3. The van der Waals surface area contributed by atoms with E-state index in [1.807, 2.05) is 24.3 Å². The number of carbonyl (C=O) groups excluding carboxylic acids is 1. The predicted molar refractivity (Wildman–Crippen MR) is 81.2 cm³/mol. The largest absolute Gasteiger partial charge is 0.486 e. The lowest BCUT2D eigenvalue weighted by molar-refractivity contribution is 0.0874. The van der Waals surface area contributed by atoms with E-state index in [0.29, 0.717) is 13.0 Å². The van der Waals surface area contributed by atoms with Crippen LogP contribution in [0.15, 0.2) is 41.3 Å². The van der Waals surface area contributed by atoms with Crippen LogP contribution in [0.25, 0.3) is 0 Å². The highest BCUT2D eigenvalue weighted by atomic mass is 16.5. The zero-order chi connectivity index (χ0) is 15.8. The first kappa shape index (κ1) is 14.1. The molecule has 120 valence electrons. The van der Waals surface area contributed by atoms with Gasteiger partial charge in [-0.05, 0) is 18.6 Å². The van der Waals surface area contributed by atoms with Gasteiger partial charge in [-0.25, -0.2) is 4.98 Å². The van der Waals surface area contributed by atoms with Gasteiger partial charge >= 0.3 is 0 Å².